The second-order valence-corrected chi connectivity index (χ2v) is 4.44. The molecular weight excluding hydrogens is 158 g/mol. The maximum Gasteiger partial charge on any atom is 0.384 e. The molecule has 0 aliphatic heterocycles. The van der Waals surface area contributed by atoms with Crippen LogP contribution in [0.15, 0.2) is 0 Å². The summed E-state index contributed by atoms with van der Waals surface area (Å²) in [5.74, 6) is 0. The fraction of sp³-hybridized carbons (Fsp3) is 1.00. The molecule has 0 fully saturated rings. The molecule has 3 nitrogen and oxygen atoms in total. The van der Waals surface area contributed by atoms with Crippen molar-refractivity contribution in [2.75, 3.05) is 20.8 Å². The maximum atomic E-state index is 5.36. The number of unbranched alkanes of at least 4 members (excludes halogenated alkanes) is 2. The molecule has 0 aromatic rings. The first-order valence-corrected chi connectivity index (χ1v) is 5.51. The Hall–Kier alpha value is 0.0969. The van der Waals surface area contributed by atoms with E-state index in [0.29, 0.717) is 0 Å². The Labute approximate surface area is 70.7 Å². The minimum Gasteiger partial charge on any atom is -0.397 e. The molecule has 0 saturated heterocycles. The summed E-state index contributed by atoms with van der Waals surface area (Å²) in [5, 5.41) is 0. The van der Waals surface area contributed by atoms with Crippen LogP contribution < -0.4 is 5.73 Å². The summed E-state index contributed by atoms with van der Waals surface area (Å²) in [6.45, 7) is 0.794. The van der Waals surface area contributed by atoms with Crippen molar-refractivity contribution in [1.29, 1.82) is 0 Å². The minimum absolute atomic E-state index is 0.794. The van der Waals surface area contributed by atoms with Crippen LogP contribution >= 0.6 is 0 Å². The normalized spacial score (nSPS) is 10.9. The number of rotatable bonds is 7. The molecule has 0 saturated carbocycles. The predicted molar refractivity (Wildman–Crippen MR) is 47.5 cm³/mol. The van der Waals surface area contributed by atoms with Gasteiger partial charge in [0.25, 0.3) is 0 Å². The second kappa shape index (κ2) is 8.20. The van der Waals surface area contributed by atoms with E-state index in [1.54, 1.807) is 14.2 Å². The van der Waals surface area contributed by atoms with Crippen LogP contribution in [0.3, 0.4) is 0 Å². The number of nitrogens with two attached hydrogens (primary N) is 1. The molecule has 0 bridgehead atoms. The summed E-state index contributed by atoms with van der Waals surface area (Å²) >= 11 is 0. The summed E-state index contributed by atoms with van der Waals surface area (Å²) in [6.07, 6.45) is 3.48. The highest BCUT2D eigenvalue weighted by Gasteiger charge is 2.09. The molecule has 1 radical (unpaired) electrons. The lowest BCUT2D eigenvalue weighted by molar-refractivity contribution is 0.276. The quantitative estimate of drug-likeness (QED) is 0.463. The fourth-order valence-corrected chi connectivity index (χ4v) is 1.99. The molecule has 4 heteroatoms. The zero-order valence-electron chi connectivity index (χ0n) is 7.43. The highest BCUT2D eigenvalue weighted by molar-refractivity contribution is 6.44. The van der Waals surface area contributed by atoms with E-state index >= 15 is 0 Å². The molecule has 67 valence electrons. The smallest absolute Gasteiger partial charge is 0.384 e. The van der Waals surface area contributed by atoms with Gasteiger partial charge in [-0.3, -0.25) is 0 Å². The molecule has 0 spiro atoms. The molecule has 0 amide bonds. The van der Waals surface area contributed by atoms with E-state index in [9.17, 15) is 0 Å². The summed E-state index contributed by atoms with van der Waals surface area (Å²) in [4.78, 5) is 0. The molecule has 2 N–H and O–H groups in total. The van der Waals surface area contributed by atoms with E-state index < -0.39 is 9.28 Å². The first-order chi connectivity index (χ1) is 5.35. The van der Waals surface area contributed by atoms with Crippen molar-refractivity contribution in [3.63, 3.8) is 0 Å². The van der Waals surface area contributed by atoms with Crippen molar-refractivity contribution < 1.29 is 8.85 Å². The van der Waals surface area contributed by atoms with Crippen molar-refractivity contribution in [2.24, 2.45) is 5.73 Å². The van der Waals surface area contributed by atoms with Crippen LogP contribution in [-0.4, -0.2) is 30.0 Å². The van der Waals surface area contributed by atoms with E-state index in [1.165, 1.54) is 12.8 Å². The molecule has 0 heterocycles. The maximum absolute atomic E-state index is 5.36. The predicted octanol–water partition coefficient (Wildman–Crippen LogP) is 0.896. The molecular formula is C7H18NO2Si. The van der Waals surface area contributed by atoms with E-state index in [4.69, 9.17) is 14.6 Å². The molecule has 0 unspecified atom stereocenters. The van der Waals surface area contributed by atoms with Gasteiger partial charge in [-0.1, -0.05) is 12.8 Å². The molecule has 0 aromatic heterocycles. The number of hydrogen-bond donors (Lipinski definition) is 1. The summed E-state index contributed by atoms with van der Waals surface area (Å²) in [7, 11) is 2.47. The summed E-state index contributed by atoms with van der Waals surface area (Å²) < 4.78 is 10.3. The zero-order valence-corrected chi connectivity index (χ0v) is 8.43. The molecule has 0 rings (SSSR count). The van der Waals surface area contributed by atoms with Crippen LogP contribution in [0.4, 0.5) is 0 Å². The molecule has 0 aliphatic rings. The van der Waals surface area contributed by atoms with Gasteiger partial charge in [-0.2, -0.15) is 0 Å². The molecule has 11 heavy (non-hydrogen) atoms. The van der Waals surface area contributed by atoms with E-state index in [2.05, 4.69) is 0 Å². The minimum atomic E-state index is -0.945. The van der Waals surface area contributed by atoms with Gasteiger partial charge in [0, 0.05) is 14.2 Å². The van der Waals surface area contributed by atoms with Gasteiger partial charge < -0.3 is 14.6 Å². The first-order valence-electron chi connectivity index (χ1n) is 3.99. The van der Waals surface area contributed by atoms with E-state index in [0.717, 1.165) is 19.0 Å². The lowest BCUT2D eigenvalue weighted by Crippen LogP contribution is -2.18. The lowest BCUT2D eigenvalue weighted by Gasteiger charge is -2.07. The van der Waals surface area contributed by atoms with Gasteiger partial charge in [0.2, 0.25) is 0 Å². The summed E-state index contributed by atoms with van der Waals surface area (Å²) in [6, 6.07) is 1.07. The van der Waals surface area contributed by atoms with Crippen LogP contribution in [-0.2, 0) is 8.85 Å². The molecule has 0 atom stereocenters. The highest BCUT2D eigenvalue weighted by Crippen LogP contribution is 2.04. The van der Waals surface area contributed by atoms with Gasteiger partial charge in [0.15, 0.2) is 0 Å². The summed E-state index contributed by atoms with van der Waals surface area (Å²) in [5.41, 5.74) is 5.36. The van der Waals surface area contributed by atoms with Crippen molar-refractivity contribution >= 4 is 9.28 Å². The Morgan fingerprint density at radius 2 is 1.73 bits per heavy atom. The fourth-order valence-electron chi connectivity index (χ4n) is 0.878. The molecule has 0 aromatic carbocycles. The Morgan fingerprint density at radius 1 is 1.09 bits per heavy atom. The van der Waals surface area contributed by atoms with Gasteiger partial charge in [0.1, 0.15) is 0 Å². The van der Waals surface area contributed by atoms with Crippen molar-refractivity contribution in [2.45, 2.75) is 25.3 Å². The average Bonchev–Trinajstić information content (AvgIpc) is 2.05. The Bertz CT molecular complexity index is 78.8. The third-order valence-corrected chi connectivity index (χ3v) is 3.21. The van der Waals surface area contributed by atoms with Crippen LogP contribution in [0.2, 0.25) is 6.04 Å². The van der Waals surface area contributed by atoms with Crippen LogP contribution in [0.5, 0.6) is 0 Å². The lowest BCUT2D eigenvalue weighted by atomic mass is 10.2. The first kappa shape index (κ1) is 11.1. The third-order valence-electron chi connectivity index (χ3n) is 1.54. The largest absolute Gasteiger partial charge is 0.397 e. The molecule has 0 aliphatic carbocycles. The third kappa shape index (κ3) is 6.49. The SMILES string of the molecule is CO[Si](CCCCCN)OC. The van der Waals surface area contributed by atoms with Gasteiger partial charge in [-0.15, -0.1) is 0 Å². The highest BCUT2D eigenvalue weighted by atomic mass is 28.3. The Morgan fingerprint density at radius 3 is 2.18 bits per heavy atom. The monoisotopic (exact) mass is 176 g/mol. The Kier molecular flexibility index (Phi) is 8.27. The van der Waals surface area contributed by atoms with Crippen molar-refractivity contribution in [3.05, 3.63) is 0 Å². The van der Waals surface area contributed by atoms with Gasteiger partial charge in [0.05, 0.1) is 0 Å². The van der Waals surface area contributed by atoms with Crippen LogP contribution in [0.25, 0.3) is 0 Å². The van der Waals surface area contributed by atoms with Gasteiger partial charge in [-0.25, -0.2) is 0 Å². The standard InChI is InChI=1S/C7H18NO2Si/c1-9-11(10-2)7-5-3-4-6-8/h3-8H2,1-2H3. The number of hydrogen-bond acceptors (Lipinski definition) is 3. The van der Waals surface area contributed by atoms with Crippen molar-refractivity contribution in [1.82, 2.24) is 0 Å². The van der Waals surface area contributed by atoms with E-state index in [1.807, 2.05) is 0 Å². The second-order valence-electron chi connectivity index (χ2n) is 2.38. The van der Waals surface area contributed by atoms with Crippen LogP contribution in [0, 0.1) is 0 Å². The van der Waals surface area contributed by atoms with Gasteiger partial charge >= 0.3 is 9.28 Å². The van der Waals surface area contributed by atoms with Crippen molar-refractivity contribution in [3.8, 4) is 0 Å². The average molecular weight is 176 g/mol. The van der Waals surface area contributed by atoms with Gasteiger partial charge in [-0.05, 0) is 19.0 Å². The Balaban J connectivity index is 3.07. The van der Waals surface area contributed by atoms with Crippen LogP contribution in [0.1, 0.15) is 19.3 Å². The topological polar surface area (TPSA) is 44.5 Å². The zero-order chi connectivity index (χ0) is 8.53. The van der Waals surface area contributed by atoms with E-state index in [-0.39, 0.29) is 0 Å².